The van der Waals surface area contributed by atoms with Gasteiger partial charge in [-0.1, -0.05) is 23.9 Å². The van der Waals surface area contributed by atoms with Gasteiger partial charge < -0.3 is 5.32 Å². The summed E-state index contributed by atoms with van der Waals surface area (Å²) in [5.41, 5.74) is 0.738. The summed E-state index contributed by atoms with van der Waals surface area (Å²) in [4.78, 5) is 22.9. The summed E-state index contributed by atoms with van der Waals surface area (Å²) >= 11 is 1.25. The van der Waals surface area contributed by atoms with E-state index >= 15 is 0 Å². The molecule has 1 N–H and O–H groups in total. The van der Waals surface area contributed by atoms with Gasteiger partial charge in [-0.3, -0.25) is 9.59 Å². The van der Waals surface area contributed by atoms with E-state index in [1.165, 1.54) is 23.9 Å². The van der Waals surface area contributed by atoms with Gasteiger partial charge in [0.2, 0.25) is 11.0 Å². The number of thioether (sulfide) groups is 1. The minimum absolute atomic E-state index is 0.0254. The standard InChI is InChI=1S/C12H12FNO2S/c13-9-3-1-8(2-4-9)7-11(15)14-10-5-6-17-12(10)16/h1-4,10H,5-7H2,(H,14,15)/t10-/m0/s1. The van der Waals surface area contributed by atoms with Crippen molar-refractivity contribution in [2.75, 3.05) is 5.75 Å². The fourth-order valence-electron chi connectivity index (χ4n) is 1.66. The van der Waals surface area contributed by atoms with Crippen LogP contribution in [0.4, 0.5) is 4.39 Å². The number of hydrogen-bond acceptors (Lipinski definition) is 3. The topological polar surface area (TPSA) is 46.2 Å². The average molecular weight is 253 g/mol. The van der Waals surface area contributed by atoms with Crippen LogP contribution >= 0.6 is 11.8 Å². The number of rotatable bonds is 3. The van der Waals surface area contributed by atoms with Crippen LogP contribution in [0.1, 0.15) is 12.0 Å². The number of carbonyl (C=O) groups excluding carboxylic acids is 2. The second-order valence-electron chi connectivity index (χ2n) is 3.88. The summed E-state index contributed by atoms with van der Waals surface area (Å²) in [5, 5.41) is 2.71. The molecule has 0 radical (unpaired) electrons. The molecule has 1 aliphatic rings. The van der Waals surface area contributed by atoms with E-state index in [2.05, 4.69) is 5.32 Å². The Labute approximate surface area is 103 Å². The molecule has 17 heavy (non-hydrogen) atoms. The lowest BCUT2D eigenvalue weighted by Gasteiger charge is -2.09. The van der Waals surface area contributed by atoms with Crippen molar-refractivity contribution in [1.82, 2.24) is 5.32 Å². The maximum Gasteiger partial charge on any atom is 0.225 e. The summed E-state index contributed by atoms with van der Waals surface area (Å²) in [6.07, 6.45) is 0.868. The fourth-order valence-corrected chi connectivity index (χ4v) is 2.59. The molecule has 0 saturated carbocycles. The van der Waals surface area contributed by atoms with Crippen LogP contribution in [-0.2, 0) is 16.0 Å². The van der Waals surface area contributed by atoms with Gasteiger partial charge in [0.05, 0.1) is 12.5 Å². The van der Waals surface area contributed by atoms with Gasteiger partial charge in [-0.15, -0.1) is 0 Å². The van der Waals surface area contributed by atoms with Gasteiger partial charge in [0.25, 0.3) is 0 Å². The lowest BCUT2D eigenvalue weighted by Crippen LogP contribution is -2.38. The zero-order chi connectivity index (χ0) is 12.3. The number of benzene rings is 1. The maximum absolute atomic E-state index is 12.7. The minimum Gasteiger partial charge on any atom is -0.345 e. The molecular weight excluding hydrogens is 241 g/mol. The van der Waals surface area contributed by atoms with Gasteiger partial charge in [0.1, 0.15) is 5.82 Å². The Balaban J connectivity index is 1.88. The van der Waals surface area contributed by atoms with Crippen molar-refractivity contribution >= 4 is 22.8 Å². The molecule has 1 saturated heterocycles. The van der Waals surface area contributed by atoms with E-state index in [0.717, 1.165) is 11.3 Å². The van der Waals surface area contributed by atoms with Crippen LogP contribution < -0.4 is 5.32 Å². The van der Waals surface area contributed by atoms with E-state index in [1.807, 2.05) is 0 Å². The predicted molar refractivity (Wildman–Crippen MR) is 64.1 cm³/mol. The molecule has 1 amide bonds. The summed E-state index contributed by atoms with van der Waals surface area (Å²) in [6, 6.07) is 5.42. The number of amides is 1. The van der Waals surface area contributed by atoms with Crippen LogP contribution in [0.5, 0.6) is 0 Å². The zero-order valence-electron chi connectivity index (χ0n) is 9.11. The van der Waals surface area contributed by atoms with Crippen LogP contribution in [-0.4, -0.2) is 22.8 Å². The second-order valence-corrected chi connectivity index (χ2v) is 4.98. The monoisotopic (exact) mass is 253 g/mol. The van der Waals surface area contributed by atoms with Crippen molar-refractivity contribution in [1.29, 1.82) is 0 Å². The highest BCUT2D eigenvalue weighted by Gasteiger charge is 2.26. The molecule has 90 valence electrons. The first kappa shape index (κ1) is 12.1. The first-order chi connectivity index (χ1) is 8.15. The third kappa shape index (κ3) is 3.30. The van der Waals surface area contributed by atoms with E-state index in [0.29, 0.717) is 6.42 Å². The summed E-state index contributed by atoms with van der Waals surface area (Å²) in [7, 11) is 0. The van der Waals surface area contributed by atoms with Crippen LogP contribution in [0.3, 0.4) is 0 Å². The molecule has 1 fully saturated rings. The number of hydrogen-bond donors (Lipinski definition) is 1. The first-order valence-electron chi connectivity index (χ1n) is 5.35. The van der Waals surface area contributed by atoms with Gasteiger partial charge in [0.15, 0.2) is 0 Å². The Hall–Kier alpha value is -1.36. The van der Waals surface area contributed by atoms with Gasteiger partial charge >= 0.3 is 0 Å². The van der Waals surface area contributed by atoms with Crippen molar-refractivity contribution in [3.05, 3.63) is 35.6 Å². The molecular formula is C12H12FNO2S. The Kier molecular flexibility index (Phi) is 3.78. The Morgan fingerprint density at radius 2 is 2.12 bits per heavy atom. The molecule has 0 spiro atoms. The first-order valence-corrected chi connectivity index (χ1v) is 6.34. The number of carbonyl (C=O) groups is 2. The fraction of sp³-hybridized carbons (Fsp3) is 0.333. The summed E-state index contributed by atoms with van der Waals surface area (Å²) in [5.74, 6) is 0.245. The van der Waals surface area contributed by atoms with E-state index in [1.54, 1.807) is 12.1 Å². The lowest BCUT2D eigenvalue weighted by molar-refractivity contribution is -0.124. The van der Waals surface area contributed by atoms with Crippen LogP contribution in [0.2, 0.25) is 0 Å². The summed E-state index contributed by atoms with van der Waals surface area (Å²) in [6.45, 7) is 0. The van der Waals surface area contributed by atoms with Crippen molar-refractivity contribution in [2.24, 2.45) is 0 Å². The molecule has 0 aliphatic carbocycles. The van der Waals surface area contributed by atoms with E-state index in [-0.39, 0.29) is 29.3 Å². The van der Waals surface area contributed by atoms with E-state index < -0.39 is 0 Å². The van der Waals surface area contributed by atoms with E-state index in [4.69, 9.17) is 0 Å². The van der Waals surface area contributed by atoms with Gasteiger partial charge in [-0.25, -0.2) is 4.39 Å². The molecule has 1 atom stereocenters. The molecule has 5 heteroatoms. The third-order valence-electron chi connectivity index (χ3n) is 2.55. The van der Waals surface area contributed by atoms with Crippen molar-refractivity contribution in [3.63, 3.8) is 0 Å². The smallest absolute Gasteiger partial charge is 0.225 e. The van der Waals surface area contributed by atoms with Crippen molar-refractivity contribution in [2.45, 2.75) is 18.9 Å². The molecule has 1 heterocycles. The molecule has 0 unspecified atom stereocenters. The van der Waals surface area contributed by atoms with Crippen LogP contribution in [0.15, 0.2) is 24.3 Å². The van der Waals surface area contributed by atoms with E-state index in [9.17, 15) is 14.0 Å². The minimum atomic E-state index is -0.354. The second kappa shape index (κ2) is 5.31. The highest BCUT2D eigenvalue weighted by molar-refractivity contribution is 8.14. The van der Waals surface area contributed by atoms with Crippen LogP contribution in [0, 0.1) is 5.82 Å². The lowest BCUT2D eigenvalue weighted by atomic mass is 10.1. The highest BCUT2D eigenvalue weighted by Crippen LogP contribution is 2.19. The largest absolute Gasteiger partial charge is 0.345 e. The number of halogens is 1. The molecule has 2 rings (SSSR count). The Morgan fingerprint density at radius 1 is 1.41 bits per heavy atom. The highest BCUT2D eigenvalue weighted by atomic mass is 32.2. The quantitative estimate of drug-likeness (QED) is 0.888. The van der Waals surface area contributed by atoms with Crippen molar-refractivity contribution < 1.29 is 14.0 Å². The van der Waals surface area contributed by atoms with Gasteiger partial charge in [-0.2, -0.15) is 0 Å². The predicted octanol–water partition coefficient (Wildman–Crippen LogP) is 1.52. The van der Waals surface area contributed by atoms with Gasteiger partial charge in [-0.05, 0) is 24.1 Å². The third-order valence-corrected chi connectivity index (χ3v) is 3.56. The maximum atomic E-state index is 12.7. The number of nitrogens with one attached hydrogen (secondary N) is 1. The van der Waals surface area contributed by atoms with Gasteiger partial charge in [0, 0.05) is 5.75 Å². The normalized spacial score (nSPS) is 19.4. The molecule has 0 aromatic heterocycles. The molecule has 3 nitrogen and oxygen atoms in total. The molecule has 1 aromatic rings. The Morgan fingerprint density at radius 3 is 2.71 bits per heavy atom. The SMILES string of the molecule is O=C(Cc1ccc(F)cc1)N[C@H]1CCSC1=O. The molecule has 1 aliphatic heterocycles. The zero-order valence-corrected chi connectivity index (χ0v) is 9.93. The Bertz CT molecular complexity index is 433. The molecule has 0 bridgehead atoms. The average Bonchev–Trinajstić information content (AvgIpc) is 2.68. The van der Waals surface area contributed by atoms with Crippen LogP contribution in [0.25, 0.3) is 0 Å². The molecule has 1 aromatic carbocycles. The summed E-state index contributed by atoms with van der Waals surface area (Å²) < 4.78 is 12.7. The van der Waals surface area contributed by atoms with Crippen molar-refractivity contribution in [3.8, 4) is 0 Å².